The van der Waals surface area contributed by atoms with Crippen LogP contribution in [0.25, 0.3) is 11.0 Å². The number of nitrogens with two attached hydrogens (primary N) is 1. The van der Waals surface area contributed by atoms with Gasteiger partial charge in [-0.1, -0.05) is 44.0 Å². The second-order valence-electron chi connectivity index (χ2n) is 6.71. The third-order valence-electron chi connectivity index (χ3n) is 4.24. The first-order valence-corrected chi connectivity index (χ1v) is 9.62. The molecular formula is C19H26N6OS. The lowest BCUT2D eigenvalue weighted by atomic mass is 10.1. The van der Waals surface area contributed by atoms with Crippen molar-refractivity contribution < 1.29 is 4.74 Å². The van der Waals surface area contributed by atoms with Gasteiger partial charge in [0.05, 0.1) is 6.10 Å². The van der Waals surface area contributed by atoms with Crippen LogP contribution in [-0.2, 0) is 19.5 Å². The lowest BCUT2D eigenvalue weighted by Gasteiger charge is -2.14. The SMILES string of the molecule is CCCc1nc2c(NS)nnc(OC(C)C)c2n1Cc1ccc(CN)cc1. The summed E-state index contributed by atoms with van der Waals surface area (Å²) in [4.78, 5) is 4.82. The maximum absolute atomic E-state index is 5.93. The molecule has 0 fully saturated rings. The van der Waals surface area contributed by atoms with E-state index in [4.69, 9.17) is 15.5 Å². The van der Waals surface area contributed by atoms with Crippen molar-refractivity contribution in [1.29, 1.82) is 0 Å². The van der Waals surface area contributed by atoms with Crippen molar-refractivity contribution in [2.75, 3.05) is 4.72 Å². The lowest BCUT2D eigenvalue weighted by Crippen LogP contribution is -2.11. The highest BCUT2D eigenvalue weighted by Gasteiger charge is 2.21. The van der Waals surface area contributed by atoms with Crippen LogP contribution in [0.1, 0.15) is 44.1 Å². The molecule has 0 bridgehead atoms. The topological polar surface area (TPSA) is 90.9 Å². The molecule has 144 valence electrons. The molecule has 0 saturated carbocycles. The largest absolute Gasteiger partial charge is 0.472 e. The molecule has 0 aliphatic rings. The number of ether oxygens (including phenoxy) is 1. The molecule has 0 unspecified atom stereocenters. The summed E-state index contributed by atoms with van der Waals surface area (Å²) in [6.07, 6.45) is 1.82. The summed E-state index contributed by atoms with van der Waals surface area (Å²) in [5, 5.41) is 8.43. The number of rotatable bonds is 8. The zero-order valence-corrected chi connectivity index (χ0v) is 16.8. The Morgan fingerprint density at radius 1 is 1.19 bits per heavy atom. The van der Waals surface area contributed by atoms with Crippen LogP contribution in [0.3, 0.4) is 0 Å². The molecule has 0 amide bonds. The van der Waals surface area contributed by atoms with Crippen LogP contribution >= 0.6 is 12.8 Å². The Kier molecular flexibility index (Phi) is 6.18. The average Bonchev–Trinajstić information content (AvgIpc) is 3.01. The third kappa shape index (κ3) is 4.17. The van der Waals surface area contributed by atoms with Crippen molar-refractivity contribution in [3.05, 3.63) is 41.2 Å². The van der Waals surface area contributed by atoms with Crippen molar-refractivity contribution in [1.82, 2.24) is 19.7 Å². The smallest absolute Gasteiger partial charge is 0.260 e. The quantitative estimate of drug-likeness (QED) is 0.515. The number of nitrogens with zero attached hydrogens (tertiary/aromatic N) is 4. The van der Waals surface area contributed by atoms with Gasteiger partial charge in [0.15, 0.2) is 5.82 Å². The van der Waals surface area contributed by atoms with Crippen LogP contribution in [0.5, 0.6) is 5.88 Å². The molecule has 2 heterocycles. The van der Waals surface area contributed by atoms with Gasteiger partial charge in [0.1, 0.15) is 16.9 Å². The second kappa shape index (κ2) is 8.58. The van der Waals surface area contributed by atoms with Crippen LogP contribution < -0.4 is 15.2 Å². The molecular weight excluding hydrogens is 360 g/mol. The van der Waals surface area contributed by atoms with Crippen molar-refractivity contribution in [2.24, 2.45) is 5.73 Å². The summed E-state index contributed by atoms with van der Waals surface area (Å²) in [6.45, 7) is 7.28. The molecule has 0 aliphatic carbocycles. The van der Waals surface area contributed by atoms with Gasteiger partial charge in [0.25, 0.3) is 5.88 Å². The predicted octanol–water partition coefficient (Wildman–Crippen LogP) is 3.33. The molecule has 0 aliphatic heterocycles. The van der Waals surface area contributed by atoms with E-state index in [0.29, 0.717) is 24.8 Å². The van der Waals surface area contributed by atoms with Gasteiger partial charge in [0, 0.05) is 19.5 Å². The number of fused-ring (bicyclic) bond motifs is 1. The Balaban J connectivity index is 2.15. The van der Waals surface area contributed by atoms with Gasteiger partial charge in [-0.15, -0.1) is 10.2 Å². The average molecular weight is 387 g/mol. The van der Waals surface area contributed by atoms with Crippen LogP contribution in [0.15, 0.2) is 24.3 Å². The Hall–Kier alpha value is -2.32. The first kappa shape index (κ1) is 19.4. The first-order chi connectivity index (χ1) is 13.1. The molecule has 0 spiro atoms. The van der Waals surface area contributed by atoms with E-state index in [1.807, 2.05) is 13.8 Å². The number of aromatic nitrogens is 4. The van der Waals surface area contributed by atoms with E-state index in [2.05, 4.69) is 63.5 Å². The summed E-state index contributed by atoms with van der Waals surface area (Å²) < 4.78 is 10.9. The maximum atomic E-state index is 5.93. The molecule has 0 atom stereocenters. The van der Waals surface area contributed by atoms with Crippen molar-refractivity contribution >= 4 is 29.7 Å². The molecule has 3 N–H and O–H groups in total. The maximum Gasteiger partial charge on any atom is 0.260 e. The van der Waals surface area contributed by atoms with Gasteiger partial charge in [-0.2, -0.15) is 0 Å². The molecule has 0 saturated heterocycles. The zero-order valence-electron chi connectivity index (χ0n) is 15.9. The number of imidazole rings is 1. The molecule has 3 aromatic rings. The number of hydrogen-bond donors (Lipinski definition) is 3. The summed E-state index contributed by atoms with van der Waals surface area (Å²) in [6, 6.07) is 8.30. The normalized spacial score (nSPS) is 11.3. The van der Waals surface area contributed by atoms with Gasteiger partial charge >= 0.3 is 0 Å². The minimum absolute atomic E-state index is 0.0147. The Labute approximate surface area is 164 Å². The predicted molar refractivity (Wildman–Crippen MR) is 111 cm³/mol. The molecule has 0 radical (unpaired) electrons. The fourth-order valence-electron chi connectivity index (χ4n) is 3.00. The van der Waals surface area contributed by atoms with Gasteiger partial charge in [-0.05, 0) is 31.4 Å². The standard InChI is InChI=1S/C19H26N6OS/c1-4-5-15-21-16-17(19(26-12(2)3)23-22-18(16)24-27)25(15)11-14-8-6-13(10-20)7-9-14/h6-9,12,27H,4-5,10-11,20H2,1-3H3,(H,22,24). The summed E-state index contributed by atoms with van der Waals surface area (Å²) in [5.41, 5.74) is 9.54. The van der Waals surface area contributed by atoms with Crippen molar-refractivity contribution in [3.63, 3.8) is 0 Å². The molecule has 8 heteroatoms. The third-order valence-corrected chi connectivity index (χ3v) is 4.45. The van der Waals surface area contributed by atoms with E-state index in [0.717, 1.165) is 40.8 Å². The highest BCUT2D eigenvalue weighted by Crippen LogP contribution is 2.30. The van der Waals surface area contributed by atoms with E-state index in [1.54, 1.807) is 0 Å². The molecule has 1 aromatic carbocycles. The summed E-state index contributed by atoms with van der Waals surface area (Å²) >= 11 is 4.15. The number of hydrogen-bond acceptors (Lipinski definition) is 7. The number of thiol groups is 1. The van der Waals surface area contributed by atoms with Crippen molar-refractivity contribution in [3.8, 4) is 5.88 Å². The van der Waals surface area contributed by atoms with E-state index in [-0.39, 0.29) is 6.10 Å². The lowest BCUT2D eigenvalue weighted by molar-refractivity contribution is 0.232. The number of nitrogens with one attached hydrogen (secondary N) is 1. The fraction of sp³-hybridized carbons (Fsp3) is 0.421. The number of benzene rings is 1. The van der Waals surface area contributed by atoms with Gasteiger partial charge in [0.2, 0.25) is 0 Å². The van der Waals surface area contributed by atoms with Crippen LogP contribution in [0.4, 0.5) is 5.82 Å². The zero-order chi connectivity index (χ0) is 19.4. The van der Waals surface area contributed by atoms with E-state index >= 15 is 0 Å². The van der Waals surface area contributed by atoms with Gasteiger partial charge in [-0.3, -0.25) is 0 Å². The summed E-state index contributed by atoms with van der Waals surface area (Å²) in [5.74, 6) is 1.99. The van der Waals surface area contributed by atoms with Gasteiger partial charge in [-0.25, -0.2) is 4.98 Å². The second-order valence-corrected chi connectivity index (χ2v) is 6.94. The molecule has 27 heavy (non-hydrogen) atoms. The van der Waals surface area contributed by atoms with E-state index in [9.17, 15) is 0 Å². The summed E-state index contributed by atoms with van der Waals surface area (Å²) in [7, 11) is 0. The molecule has 2 aromatic heterocycles. The van der Waals surface area contributed by atoms with E-state index < -0.39 is 0 Å². The van der Waals surface area contributed by atoms with Crippen molar-refractivity contribution in [2.45, 2.75) is 52.8 Å². The van der Waals surface area contributed by atoms with Crippen LogP contribution in [0.2, 0.25) is 0 Å². The Morgan fingerprint density at radius 2 is 1.89 bits per heavy atom. The highest BCUT2D eigenvalue weighted by atomic mass is 32.1. The Morgan fingerprint density at radius 3 is 2.48 bits per heavy atom. The van der Waals surface area contributed by atoms with Crippen LogP contribution in [0, 0.1) is 0 Å². The fourth-order valence-corrected chi connectivity index (χ4v) is 3.15. The highest BCUT2D eigenvalue weighted by molar-refractivity contribution is 7.81. The first-order valence-electron chi connectivity index (χ1n) is 9.17. The molecule has 7 nitrogen and oxygen atoms in total. The van der Waals surface area contributed by atoms with E-state index in [1.165, 1.54) is 0 Å². The molecule has 3 rings (SSSR count). The minimum atomic E-state index is -0.0147. The Bertz CT molecular complexity index is 907. The number of anilines is 1. The van der Waals surface area contributed by atoms with Crippen LogP contribution in [-0.4, -0.2) is 25.9 Å². The number of aryl methyl sites for hydroxylation is 1. The van der Waals surface area contributed by atoms with Gasteiger partial charge < -0.3 is 19.8 Å². The monoisotopic (exact) mass is 386 g/mol. The minimum Gasteiger partial charge on any atom is -0.472 e.